The van der Waals surface area contributed by atoms with E-state index < -0.39 is 12.2 Å². The molecule has 164 valence electrons. The summed E-state index contributed by atoms with van der Waals surface area (Å²) in [7, 11) is 1.42. The lowest BCUT2D eigenvalue weighted by Crippen LogP contribution is -2.20. The van der Waals surface area contributed by atoms with Crippen molar-refractivity contribution in [2.75, 3.05) is 7.11 Å². The molecule has 0 saturated heterocycles. The number of benzene rings is 1. The van der Waals surface area contributed by atoms with Crippen LogP contribution in [0.3, 0.4) is 0 Å². The second-order valence-corrected chi connectivity index (χ2v) is 10.0. The number of carbonyl (C=O) groups excluding carboxylic acids is 1. The summed E-state index contributed by atoms with van der Waals surface area (Å²) in [6.45, 7) is 6.06. The quantitative estimate of drug-likeness (QED) is 0.318. The van der Waals surface area contributed by atoms with Gasteiger partial charge in [0, 0.05) is 17.7 Å². The van der Waals surface area contributed by atoms with Crippen LogP contribution in [-0.4, -0.2) is 34.8 Å². The molecular weight excluding hydrogens is 388 g/mol. The number of hydrogen-bond donors (Lipinski definition) is 2. The number of methoxy groups -OCH3 is 1. The van der Waals surface area contributed by atoms with Crippen molar-refractivity contribution in [1.82, 2.24) is 0 Å². The molecule has 2 rings (SSSR count). The Balaban J connectivity index is 1.94. The maximum Gasteiger partial charge on any atom is 0.305 e. The third-order valence-corrected chi connectivity index (χ3v) is 6.66. The van der Waals surface area contributed by atoms with Crippen molar-refractivity contribution in [3.05, 3.63) is 35.4 Å². The number of rotatable bonds is 9. The van der Waals surface area contributed by atoms with Gasteiger partial charge in [-0.25, -0.2) is 0 Å². The van der Waals surface area contributed by atoms with Gasteiger partial charge in [0.15, 0.2) is 0 Å². The molecule has 1 aliphatic carbocycles. The average Bonchev–Trinajstić information content (AvgIpc) is 2.96. The standard InChI is InChI=1S/C24H37ClO4/c1-24(2,3)23(28)17-13-11-16(12-14-17)22-18(19(25)15-20(22)26)9-7-5-6-8-10-21(27)29-4/h11-14,18-20,22-23,26,28H,5-10,15H2,1-4H3. The Kier molecular flexibility index (Phi) is 8.99. The maximum absolute atomic E-state index is 11.2. The summed E-state index contributed by atoms with van der Waals surface area (Å²) in [4.78, 5) is 11.2. The summed E-state index contributed by atoms with van der Waals surface area (Å²) in [6, 6.07) is 8.03. The number of unbranched alkanes of at least 4 members (excludes halogenated alkanes) is 3. The summed E-state index contributed by atoms with van der Waals surface area (Å²) < 4.78 is 4.67. The van der Waals surface area contributed by atoms with Gasteiger partial charge in [0.25, 0.3) is 0 Å². The Morgan fingerprint density at radius 1 is 1.17 bits per heavy atom. The second-order valence-electron chi connectivity index (χ2n) is 9.47. The highest BCUT2D eigenvalue weighted by Crippen LogP contribution is 2.45. The summed E-state index contributed by atoms with van der Waals surface area (Å²) in [5.41, 5.74) is 1.78. The molecule has 0 amide bonds. The number of aliphatic hydroxyl groups excluding tert-OH is 2. The fourth-order valence-electron chi connectivity index (χ4n) is 4.40. The first-order valence-corrected chi connectivity index (χ1v) is 11.3. The molecule has 0 aliphatic heterocycles. The van der Waals surface area contributed by atoms with Gasteiger partial charge in [0.2, 0.25) is 0 Å². The lowest BCUT2D eigenvalue weighted by atomic mass is 9.81. The van der Waals surface area contributed by atoms with Crippen LogP contribution in [0.15, 0.2) is 24.3 Å². The van der Waals surface area contributed by atoms with E-state index in [-0.39, 0.29) is 28.6 Å². The summed E-state index contributed by atoms with van der Waals surface area (Å²) in [5, 5.41) is 21.1. The fraction of sp³-hybridized carbons (Fsp3) is 0.708. The van der Waals surface area contributed by atoms with Gasteiger partial charge in [0.1, 0.15) is 0 Å². The Bertz CT molecular complexity index is 637. The summed E-state index contributed by atoms with van der Waals surface area (Å²) in [5.74, 6) is 0.129. The Labute approximate surface area is 180 Å². The zero-order valence-corrected chi connectivity index (χ0v) is 19.0. The van der Waals surface area contributed by atoms with Crippen molar-refractivity contribution in [2.24, 2.45) is 11.3 Å². The van der Waals surface area contributed by atoms with Gasteiger partial charge in [-0.2, -0.15) is 0 Å². The van der Waals surface area contributed by atoms with Crippen molar-refractivity contribution >= 4 is 17.6 Å². The van der Waals surface area contributed by atoms with Crippen LogP contribution in [0.2, 0.25) is 0 Å². The maximum atomic E-state index is 11.2. The van der Waals surface area contributed by atoms with Crippen molar-refractivity contribution < 1.29 is 19.7 Å². The van der Waals surface area contributed by atoms with E-state index in [1.54, 1.807) is 0 Å². The Morgan fingerprint density at radius 3 is 2.38 bits per heavy atom. The third-order valence-electron chi connectivity index (χ3n) is 6.16. The van der Waals surface area contributed by atoms with Gasteiger partial charge < -0.3 is 14.9 Å². The molecule has 1 aliphatic rings. The van der Waals surface area contributed by atoms with E-state index in [1.807, 2.05) is 45.0 Å². The molecule has 29 heavy (non-hydrogen) atoms. The Morgan fingerprint density at radius 2 is 1.79 bits per heavy atom. The Hall–Kier alpha value is -1.10. The molecule has 1 fully saturated rings. The number of ether oxygens (including phenoxy) is 1. The average molecular weight is 425 g/mol. The fourth-order valence-corrected chi connectivity index (χ4v) is 4.86. The summed E-state index contributed by atoms with van der Waals surface area (Å²) >= 11 is 6.60. The van der Waals surface area contributed by atoms with Crippen LogP contribution in [-0.2, 0) is 9.53 Å². The lowest BCUT2D eigenvalue weighted by molar-refractivity contribution is -0.140. The van der Waals surface area contributed by atoms with Crippen LogP contribution in [0.1, 0.15) is 88.9 Å². The highest BCUT2D eigenvalue weighted by Gasteiger charge is 2.42. The second kappa shape index (κ2) is 10.8. The van der Waals surface area contributed by atoms with Crippen LogP contribution < -0.4 is 0 Å². The molecule has 4 nitrogen and oxygen atoms in total. The number of halogens is 1. The van der Waals surface area contributed by atoms with Crippen molar-refractivity contribution in [3.63, 3.8) is 0 Å². The first-order valence-electron chi connectivity index (χ1n) is 10.8. The SMILES string of the molecule is COC(=O)CCCCCCC1C(Cl)CC(O)C1c1ccc(C(O)C(C)(C)C)cc1. The molecule has 1 aromatic carbocycles. The van der Waals surface area contributed by atoms with Crippen LogP contribution in [0.5, 0.6) is 0 Å². The molecule has 0 aromatic heterocycles. The van der Waals surface area contributed by atoms with Crippen molar-refractivity contribution in [3.8, 4) is 0 Å². The van der Waals surface area contributed by atoms with Crippen LogP contribution in [0.4, 0.5) is 0 Å². The molecule has 5 unspecified atom stereocenters. The predicted octanol–water partition coefficient (Wildman–Crippen LogP) is 5.35. The molecule has 0 bridgehead atoms. The number of aliphatic hydroxyl groups is 2. The highest BCUT2D eigenvalue weighted by atomic mass is 35.5. The molecule has 0 spiro atoms. The van der Waals surface area contributed by atoms with Gasteiger partial charge in [-0.05, 0) is 41.7 Å². The van der Waals surface area contributed by atoms with Crippen LogP contribution >= 0.6 is 11.6 Å². The molecule has 2 N–H and O–H groups in total. The third kappa shape index (κ3) is 6.70. The smallest absolute Gasteiger partial charge is 0.305 e. The van der Waals surface area contributed by atoms with E-state index in [2.05, 4.69) is 4.74 Å². The van der Waals surface area contributed by atoms with Crippen LogP contribution in [0, 0.1) is 11.3 Å². The van der Waals surface area contributed by atoms with Crippen molar-refractivity contribution in [2.45, 2.75) is 89.2 Å². The zero-order valence-electron chi connectivity index (χ0n) is 18.2. The van der Waals surface area contributed by atoms with E-state index in [9.17, 15) is 15.0 Å². The van der Waals surface area contributed by atoms with E-state index in [0.29, 0.717) is 12.8 Å². The molecule has 5 heteroatoms. The normalized spacial score (nSPS) is 25.8. The molecule has 5 atom stereocenters. The molecule has 1 saturated carbocycles. The van der Waals surface area contributed by atoms with Crippen molar-refractivity contribution in [1.29, 1.82) is 0 Å². The largest absolute Gasteiger partial charge is 0.469 e. The van der Waals surface area contributed by atoms with Gasteiger partial charge >= 0.3 is 5.97 Å². The molecular formula is C24H37ClO4. The van der Waals surface area contributed by atoms with E-state index in [4.69, 9.17) is 11.6 Å². The van der Waals surface area contributed by atoms with Gasteiger partial charge in [-0.15, -0.1) is 11.6 Å². The first kappa shape index (κ1) is 24.2. The number of hydrogen-bond acceptors (Lipinski definition) is 4. The predicted molar refractivity (Wildman–Crippen MR) is 117 cm³/mol. The zero-order chi connectivity index (χ0) is 21.6. The van der Waals surface area contributed by atoms with Gasteiger partial charge in [0.05, 0.1) is 19.3 Å². The van der Waals surface area contributed by atoms with Gasteiger partial charge in [-0.3, -0.25) is 4.79 Å². The molecule has 0 heterocycles. The van der Waals surface area contributed by atoms with E-state index in [1.165, 1.54) is 7.11 Å². The van der Waals surface area contributed by atoms with Gasteiger partial charge in [-0.1, -0.05) is 64.3 Å². The minimum Gasteiger partial charge on any atom is -0.469 e. The lowest BCUT2D eigenvalue weighted by Gasteiger charge is -2.27. The molecule has 0 radical (unpaired) electrons. The number of esters is 1. The first-order chi connectivity index (χ1) is 13.6. The number of carbonyl (C=O) groups is 1. The number of alkyl halides is 1. The molecule has 1 aromatic rings. The van der Waals surface area contributed by atoms with Crippen LogP contribution in [0.25, 0.3) is 0 Å². The monoisotopic (exact) mass is 424 g/mol. The van der Waals surface area contributed by atoms with E-state index in [0.717, 1.165) is 43.2 Å². The minimum atomic E-state index is -0.522. The highest BCUT2D eigenvalue weighted by molar-refractivity contribution is 6.21. The topological polar surface area (TPSA) is 66.8 Å². The van der Waals surface area contributed by atoms with E-state index >= 15 is 0 Å². The minimum absolute atomic E-state index is 0.0232. The summed E-state index contributed by atoms with van der Waals surface area (Å²) in [6.07, 6.45) is 5.06.